The quantitative estimate of drug-likeness (QED) is 0.500. The predicted octanol–water partition coefficient (Wildman–Crippen LogP) is 4.36. The third-order valence-electron chi connectivity index (χ3n) is 5.38. The number of rotatable bonds is 9. The molecule has 0 spiro atoms. The summed E-state index contributed by atoms with van der Waals surface area (Å²) >= 11 is 11.7. The average molecular weight is 513 g/mol. The van der Waals surface area contributed by atoms with E-state index in [2.05, 4.69) is 15.2 Å². The van der Waals surface area contributed by atoms with Crippen molar-refractivity contribution in [2.24, 2.45) is 0 Å². The molecule has 2 aromatic rings. The first kappa shape index (κ1) is 25.9. The lowest BCUT2D eigenvalue weighted by Gasteiger charge is -2.30. The van der Waals surface area contributed by atoms with Gasteiger partial charge in [-0.25, -0.2) is 13.4 Å². The third kappa shape index (κ3) is 6.91. The van der Waals surface area contributed by atoms with Crippen molar-refractivity contribution < 1.29 is 13.2 Å². The molecule has 33 heavy (non-hydrogen) atoms. The molecule has 1 aromatic heterocycles. The van der Waals surface area contributed by atoms with E-state index < -0.39 is 9.84 Å². The zero-order valence-corrected chi connectivity index (χ0v) is 22.0. The Morgan fingerprint density at radius 1 is 1.36 bits per heavy atom. The van der Waals surface area contributed by atoms with Crippen LogP contribution in [0.15, 0.2) is 35.6 Å². The predicted molar refractivity (Wildman–Crippen MR) is 135 cm³/mol. The highest BCUT2D eigenvalue weighted by Gasteiger charge is 2.28. The third-order valence-corrected chi connectivity index (χ3v) is 7.56. The molecule has 0 amide bonds. The summed E-state index contributed by atoms with van der Waals surface area (Å²) in [6.07, 6.45) is 3.78. The second-order valence-electron chi connectivity index (χ2n) is 9.00. The van der Waals surface area contributed by atoms with Gasteiger partial charge < -0.3 is 19.5 Å². The smallest absolute Gasteiger partial charge is 0.228 e. The lowest BCUT2D eigenvalue weighted by molar-refractivity contribution is 0.0890. The second-order valence-corrected chi connectivity index (χ2v) is 11.7. The van der Waals surface area contributed by atoms with E-state index >= 15 is 0 Å². The normalized spacial score (nSPS) is 16.5. The fourth-order valence-corrected chi connectivity index (χ4v) is 6.15. The highest BCUT2D eigenvalue weighted by Crippen LogP contribution is 2.24. The van der Waals surface area contributed by atoms with Gasteiger partial charge in [-0.2, -0.15) is 0 Å². The van der Waals surface area contributed by atoms with Gasteiger partial charge in [0.25, 0.3) is 0 Å². The molecule has 1 aliphatic rings. The second kappa shape index (κ2) is 11.2. The van der Waals surface area contributed by atoms with Crippen LogP contribution in [0.1, 0.15) is 57.8 Å². The van der Waals surface area contributed by atoms with E-state index in [0.717, 1.165) is 25.1 Å². The Hall–Kier alpha value is -1.68. The molecule has 7 nitrogen and oxygen atoms in total. The van der Waals surface area contributed by atoms with Crippen molar-refractivity contribution in [3.05, 3.63) is 46.7 Å². The molecule has 182 valence electrons. The SMILES string of the molecule is CC(C)NC(=S)N(Cc1cnc(S(=O)(=O)Cc2cccc(Cl)c2)n1C(C)C)CC1CCCO1. The van der Waals surface area contributed by atoms with Gasteiger partial charge in [-0.15, -0.1) is 0 Å². The molecular formula is C23H33ClN4O3S2. The first-order valence-electron chi connectivity index (χ1n) is 11.3. The van der Waals surface area contributed by atoms with E-state index in [1.807, 2.05) is 27.7 Å². The molecule has 0 bridgehead atoms. The number of thiocarbonyl (C=S) groups is 1. The average Bonchev–Trinajstić information content (AvgIpc) is 3.36. The van der Waals surface area contributed by atoms with E-state index in [0.29, 0.717) is 28.8 Å². The topological polar surface area (TPSA) is 76.5 Å². The number of nitrogens with one attached hydrogen (secondary N) is 1. The number of hydrogen-bond donors (Lipinski definition) is 1. The van der Waals surface area contributed by atoms with E-state index in [1.165, 1.54) is 0 Å². The van der Waals surface area contributed by atoms with Crippen LogP contribution in [-0.2, 0) is 26.9 Å². The molecule has 1 saturated heterocycles. The van der Waals surface area contributed by atoms with Crippen molar-refractivity contribution in [1.29, 1.82) is 0 Å². The number of ether oxygens (including phenoxy) is 1. The molecule has 1 N–H and O–H groups in total. The minimum absolute atomic E-state index is 0.0623. The number of imidazole rings is 1. The largest absolute Gasteiger partial charge is 0.376 e. The van der Waals surface area contributed by atoms with Gasteiger partial charge in [0.2, 0.25) is 15.0 Å². The van der Waals surface area contributed by atoms with Crippen LogP contribution in [0.3, 0.4) is 0 Å². The van der Waals surface area contributed by atoms with Gasteiger partial charge >= 0.3 is 0 Å². The lowest BCUT2D eigenvalue weighted by atomic mass is 10.2. The van der Waals surface area contributed by atoms with Crippen molar-refractivity contribution in [3.63, 3.8) is 0 Å². The Morgan fingerprint density at radius 3 is 2.73 bits per heavy atom. The molecule has 1 unspecified atom stereocenters. The van der Waals surface area contributed by atoms with Crippen LogP contribution in [0.2, 0.25) is 5.02 Å². The molecule has 1 aromatic carbocycles. The van der Waals surface area contributed by atoms with Gasteiger partial charge in [0, 0.05) is 30.3 Å². The molecule has 0 saturated carbocycles. The van der Waals surface area contributed by atoms with Gasteiger partial charge in [-0.05, 0) is 70.5 Å². The van der Waals surface area contributed by atoms with Gasteiger partial charge in [0.1, 0.15) is 0 Å². The van der Waals surface area contributed by atoms with Crippen molar-refractivity contribution in [3.8, 4) is 0 Å². The summed E-state index contributed by atoms with van der Waals surface area (Å²) in [5.41, 5.74) is 1.42. The summed E-state index contributed by atoms with van der Waals surface area (Å²) in [5.74, 6) is -0.163. The first-order chi connectivity index (χ1) is 15.6. The molecule has 1 fully saturated rings. The standard InChI is InChI=1S/C23H33ClN4O3S2/c1-16(2)26-22(32)27(14-21-9-6-10-31-21)13-20-12-25-23(28(20)17(3)4)33(29,30)15-18-7-5-8-19(24)11-18/h5,7-8,11-12,16-17,21H,6,9-10,13-15H2,1-4H3,(H,26,32). The fraction of sp³-hybridized carbons (Fsp3) is 0.565. The summed E-state index contributed by atoms with van der Waals surface area (Å²) < 4.78 is 34.2. The summed E-state index contributed by atoms with van der Waals surface area (Å²) in [7, 11) is -3.68. The maximum absolute atomic E-state index is 13.3. The van der Waals surface area contributed by atoms with E-state index in [-0.39, 0.29) is 29.1 Å². The minimum Gasteiger partial charge on any atom is -0.376 e. The molecule has 0 radical (unpaired) electrons. The zero-order chi connectivity index (χ0) is 24.2. The van der Waals surface area contributed by atoms with E-state index in [1.54, 1.807) is 35.0 Å². The van der Waals surface area contributed by atoms with Gasteiger partial charge in [0.05, 0.1) is 30.3 Å². The Bertz CT molecular complexity index is 1060. The van der Waals surface area contributed by atoms with Crippen LogP contribution in [0, 0.1) is 0 Å². The molecule has 1 aliphatic heterocycles. The summed E-state index contributed by atoms with van der Waals surface area (Å²) in [6.45, 7) is 9.84. The maximum atomic E-state index is 13.3. The van der Waals surface area contributed by atoms with Crippen molar-refractivity contribution in [2.45, 2.75) is 76.2 Å². The van der Waals surface area contributed by atoms with Crippen molar-refractivity contribution in [2.75, 3.05) is 13.2 Å². The molecule has 2 heterocycles. The van der Waals surface area contributed by atoms with Crippen LogP contribution in [0.4, 0.5) is 0 Å². The lowest BCUT2D eigenvalue weighted by Crippen LogP contribution is -2.45. The number of benzene rings is 1. The van der Waals surface area contributed by atoms with Crippen molar-refractivity contribution in [1.82, 2.24) is 19.8 Å². The van der Waals surface area contributed by atoms with Crippen LogP contribution >= 0.6 is 23.8 Å². The number of hydrogen-bond acceptors (Lipinski definition) is 5. The Balaban J connectivity index is 1.89. The molecule has 0 aliphatic carbocycles. The maximum Gasteiger partial charge on any atom is 0.228 e. The zero-order valence-electron chi connectivity index (χ0n) is 19.6. The van der Waals surface area contributed by atoms with Gasteiger partial charge in [0.15, 0.2) is 5.11 Å². The van der Waals surface area contributed by atoms with Crippen LogP contribution in [-0.4, -0.2) is 53.3 Å². The van der Waals surface area contributed by atoms with Crippen LogP contribution in [0.5, 0.6) is 0 Å². The Kier molecular flexibility index (Phi) is 8.77. The number of halogens is 1. The number of nitrogens with zero attached hydrogens (tertiary/aromatic N) is 3. The van der Waals surface area contributed by atoms with E-state index in [9.17, 15) is 8.42 Å². The molecule has 1 atom stereocenters. The fourth-order valence-electron chi connectivity index (χ4n) is 3.97. The highest BCUT2D eigenvalue weighted by atomic mass is 35.5. The van der Waals surface area contributed by atoms with Gasteiger partial charge in [-0.3, -0.25) is 0 Å². The molecule has 3 rings (SSSR count). The summed E-state index contributed by atoms with van der Waals surface area (Å²) in [6, 6.07) is 6.99. The molecule has 10 heteroatoms. The summed E-state index contributed by atoms with van der Waals surface area (Å²) in [5, 5.41) is 4.50. The first-order valence-corrected chi connectivity index (χ1v) is 13.7. The van der Waals surface area contributed by atoms with E-state index in [4.69, 9.17) is 28.6 Å². The Labute approximate surface area is 207 Å². The van der Waals surface area contributed by atoms with Crippen LogP contribution < -0.4 is 5.32 Å². The Morgan fingerprint density at radius 2 is 2.12 bits per heavy atom. The summed E-state index contributed by atoms with van der Waals surface area (Å²) in [4.78, 5) is 6.40. The minimum atomic E-state index is -3.68. The van der Waals surface area contributed by atoms with Crippen molar-refractivity contribution >= 4 is 38.8 Å². The van der Waals surface area contributed by atoms with Crippen LogP contribution in [0.25, 0.3) is 0 Å². The number of sulfone groups is 1. The molecular weight excluding hydrogens is 480 g/mol. The van der Waals surface area contributed by atoms with Gasteiger partial charge in [-0.1, -0.05) is 23.7 Å². The highest BCUT2D eigenvalue weighted by molar-refractivity contribution is 7.90. The number of aromatic nitrogens is 2. The monoisotopic (exact) mass is 512 g/mol.